The molecule has 3 rings (SSSR count). The molecule has 1 aromatic carbocycles. The molecule has 9 heteroatoms. The van der Waals surface area contributed by atoms with Crippen LogP contribution in [0.5, 0.6) is 5.75 Å². The molecule has 0 fully saturated rings. The van der Waals surface area contributed by atoms with Crippen LogP contribution >= 0.6 is 11.6 Å². The summed E-state index contributed by atoms with van der Waals surface area (Å²) < 4.78 is 6.67. The Hall–Kier alpha value is -3.13. The molecule has 0 aliphatic rings. The van der Waals surface area contributed by atoms with Crippen molar-refractivity contribution in [3.63, 3.8) is 0 Å². The van der Waals surface area contributed by atoms with E-state index in [2.05, 4.69) is 10.1 Å². The lowest BCUT2D eigenvalue weighted by Gasteiger charge is -2.11. The molecule has 0 unspecified atom stereocenters. The first-order valence-electron chi connectivity index (χ1n) is 7.66. The molecule has 0 saturated heterocycles. The number of rotatable bonds is 5. The fourth-order valence-corrected chi connectivity index (χ4v) is 2.89. The van der Waals surface area contributed by atoms with Crippen molar-refractivity contribution < 1.29 is 9.66 Å². The molecule has 0 bridgehead atoms. The van der Waals surface area contributed by atoms with E-state index in [9.17, 15) is 10.1 Å². The van der Waals surface area contributed by atoms with Gasteiger partial charge < -0.3 is 10.5 Å². The third kappa shape index (κ3) is 3.31. The van der Waals surface area contributed by atoms with Gasteiger partial charge in [-0.25, -0.2) is 4.98 Å². The summed E-state index contributed by atoms with van der Waals surface area (Å²) in [5.41, 5.74) is 8.41. The summed E-state index contributed by atoms with van der Waals surface area (Å²) in [4.78, 5) is 15.1. The van der Waals surface area contributed by atoms with Crippen molar-refractivity contribution in [2.24, 2.45) is 0 Å². The number of aromatic nitrogens is 3. The van der Waals surface area contributed by atoms with Crippen LogP contribution in [0.15, 0.2) is 36.5 Å². The second-order valence-corrected chi connectivity index (χ2v) is 6.02. The van der Waals surface area contributed by atoms with Gasteiger partial charge in [-0.15, -0.1) is 0 Å². The molecule has 134 valence electrons. The van der Waals surface area contributed by atoms with E-state index in [1.54, 1.807) is 14.0 Å². The summed E-state index contributed by atoms with van der Waals surface area (Å²) in [7, 11) is 1.59. The summed E-state index contributed by atoms with van der Waals surface area (Å²) in [6.07, 6.45) is 1.21. The van der Waals surface area contributed by atoms with E-state index in [1.807, 2.05) is 24.3 Å². The van der Waals surface area contributed by atoms with Gasteiger partial charge in [-0.1, -0.05) is 23.7 Å². The number of nitrogen functional groups attached to an aromatic ring is 1. The number of nitrogens with zero attached hydrogens (tertiary/aromatic N) is 4. The van der Waals surface area contributed by atoms with Crippen molar-refractivity contribution in [3.05, 3.63) is 63.1 Å². The van der Waals surface area contributed by atoms with Gasteiger partial charge in [0.1, 0.15) is 22.8 Å². The summed E-state index contributed by atoms with van der Waals surface area (Å²) in [6, 6.07) is 8.87. The molecule has 0 radical (unpaired) electrons. The highest BCUT2D eigenvalue weighted by atomic mass is 35.5. The topological polar surface area (TPSA) is 109 Å². The average molecular weight is 374 g/mol. The van der Waals surface area contributed by atoms with Crippen LogP contribution in [0.4, 0.5) is 11.4 Å². The maximum atomic E-state index is 11.5. The van der Waals surface area contributed by atoms with E-state index < -0.39 is 4.92 Å². The van der Waals surface area contributed by atoms with Gasteiger partial charge in [0.2, 0.25) is 0 Å². The summed E-state index contributed by atoms with van der Waals surface area (Å²) in [5.74, 6) is 0.723. The van der Waals surface area contributed by atoms with E-state index in [-0.39, 0.29) is 16.5 Å². The zero-order valence-electron chi connectivity index (χ0n) is 14.1. The Morgan fingerprint density at radius 3 is 2.65 bits per heavy atom. The SMILES string of the molecule is COc1ccc(Cn2ncc([N+](=O)[O-])c2-c2cc(Cl)nc(C)c2N)cc1. The number of benzene rings is 1. The van der Waals surface area contributed by atoms with Gasteiger partial charge in [-0.05, 0) is 30.7 Å². The minimum atomic E-state index is -0.490. The minimum Gasteiger partial charge on any atom is -0.497 e. The predicted octanol–water partition coefficient (Wildman–Crippen LogP) is 3.45. The maximum absolute atomic E-state index is 11.5. The van der Waals surface area contributed by atoms with Gasteiger partial charge >= 0.3 is 5.69 Å². The quantitative estimate of drug-likeness (QED) is 0.416. The highest BCUT2D eigenvalue weighted by Crippen LogP contribution is 2.36. The fraction of sp³-hybridized carbons (Fsp3) is 0.176. The molecule has 2 heterocycles. The monoisotopic (exact) mass is 373 g/mol. The van der Waals surface area contributed by atoms with Crippen LogP contribution in [0.1, 0.15) is 11.3 Å². The summed E-state index contributed by atoms with van der Waals surface area (Å²) in [6.45, 7) is 2.02. The molecule has 2 N–H and O–H groups in total. The van der Waals surface area contributed by atoms with Crippen molar-refractivity contribution in [1.29, 1.82) is 0 Å². The lowest BCUT2D eigenvalue weighted by molar-refractivity contribution is -0.384. The number of hydrogen-bond donors (Lipinski definition) is 1. The van der Waals surface area contributed by atoms with Crippen LogP contribution in [0.2, 0.25) is 5.15 Å². The van der Waals surface area contributed by atoms with Gasteiger partial charge in [0.25, 0.3) is 0 Å². The van der Waals surface area contributed by atoms with Crippen LogP contribution in [0.3, 0.4) is 0 Å². The van der Waals surface area contributed by atoms with Gasteiger partial charge in [-0.2, -0.15) is 5.10 Å². The normalized spacial score (nSPS) is 10.7. The van der Waals surface area contributed by atoms with Crippen LogP contribution < -0.4 is 10.5 Å². The van der Waals surface area contributed by atoms with Gasteiger partial charge in [-0.3, -0.25) is 14.8 Å². The number of nitro groups is 1. The lowest BCUT2D eigenvalue weighted by Crippen LogP contribution is -2.07. The van der Waals surface area contributed by atoms with E-state index >= 15 is 0 Å². The smallest absolute Gasteiger partial charge is 0.315 e. The second kappa shape index (κ2) is 7.01. The maximum Gasteiger partial charge on any atom is 0.315 e. The van der Waals surface area contributed by atoms with Crippen LogP contribution in [-0.2, 0) is 6.54 Å². The average Bonchev–Trinajstić information content (AvgIpc) is 3.02. The molecule has 0 spiro atoms. The molecular weight excluding hydrogens is 358 g/mol. The molecule has 8 nitrogen and oxygen atoms in total. The number of pyridine rings is 1. The van der Waals surface area contributed by atoms with Gasteiger partial charge in [0, 0.05) is 5.56 Å². The first kappa shape index (κ1) is 17.7. The third-order valence-corrected chi connectivity index (χ3v) is 4.17. The molecule has 2 aromatic heterocycles. The molecular formula is C17H16ClN5O3. The molecule has 0 aliphatic heterocycles. The highest BCUT2D eigenvalue weighted by Gasteiger charge is 2.25. The highest BCUT2D eigenvalue weighted by molar-refractivity contribution is 6.29. The molecule has 0 atom stereocenters. The van der Waals surface area contributed by atoms with Crippen LogP contribution in [0.25, 0.3) is 11.3 Å². The van der Waals surface area contributed by atoms with Crippen molar-refractivity contribution in [3.8, 4) is 17.0 Å². The summed E-state index contributed by atoms with van der Waals surface area (Å²) >= 11 is 6.04. The number of methoxy groups -OCH3 is 1. The Kier molecular flexibility index (Phi) is 4.77. The van der Waals surface area contributed by atoms with E-state index in [1.165, 1.54) is 16.9 Å². The van der Waals surface area contributed by atoms with Crippen molar-refractivity contribution in [1.82, 2.24) is 14.8 Å². The second-order valence-electron chi connectivity index (χ2n) is 5.63. The number of aryl methyl sites for hydroxylation is 1. The van der Waals surface area contributed by atoms with Gasteiger partial charge in [0.15, 0.2) is 0 Å². The van der Waals surface area contributed by atoms with E-state index in [4.69, 9.17) is 22.1 Å². The molecule has 3 aromatic rings. The summed E-state index contributed by atoms with van der Waals surface area (Å²) in [5, 5.41) is 15.9. The van der Waals surface area contributed by atoms with Crippen molar-refractivity contribution >= 4 is 23.0 Å². The zero-order chi connectivity index (χ0) is 18.8. The van der Waals surface area contributed by atoms with Crippen LogP contribution in [0, 0.1) is 17.0 Å². The molecule has 0 saturated carbocycles. The van der Waals surface area contributed by atoms with E-state index in [0.717, 1.165) is 11.3 Å². The Bertz CT molecular complexity index is 969. The van der Waals surface area contributed by atoms with Crippen molar-refractivity contribution in [2.75, 3.05) is 12.8 Å². The zero-order valence-corrected chi connectivity index (χ0v) is 14.9. The standard InChI is InChI=1S/C17H16ClN5O3/c1-10-16(19)13(7-15(18)21-10)17-14(23(24)25)8-20-22(17)9-11-3-5-12(26-2)6-4-11/h3-8H,9,19H2,1-2H3. The largest absolute Gasteiger partial charge is 0.497 e. The number of ether oxygens (including phenoxy) is 1. The third-order valence-electron chi connectivity index (χ3n) is 3.98. The van der Waals surface area contributed by atoms with E-state index in [0.29, 0.717) is 23.5 Å². The fourth-order valence-electron chi connectivity index (χ4n) is 2.65. The van der Waals surface area contributed by atoms with Crippen molar-refractivity contribution in [2.45, 2.75) is 13.5 Å². The number of hydrogen-bond acceptors (Lipinski definition) is 6. The Balaban J connectivity index is 2.12. The number of nitrogens with two attached hydrogens (primary N) is 1. The number of anilines is 1. The Morgan fingerprint density at radius 1 is 1.35 bits per heavy atom. The predicted molar refractivity (Wildman–Crippen MR) is 98.4 cm³/mol. The number of halogens is 1. The molecule has 0 aliphatic carbocycles. The first-order valence-corrected chi connectivity index (χ1v) is 8.04. The molecule has 26 heavy (non-hydrogen) atoms. The Labute approximate surface area is 154 Å². The molecule has 0 amide bonds. The van der Waals surface area contributed by atoms with Gasteiger partial charge in [0.05, 0.1) is 30.0 Å². The minimum absolute atomic E-state index is 0.146. The van der Waals surface area contributed by atoms with Crippen LogP contribution in [-0.4, -0.2) is 26.8 Å². The first-order chi connectivity index (χ1) is 12.4. The lowest BCUT2D eigenvalue weighted by atomic mass is 10.1. The Morgan fingerprint density at radius 2 is 2.04 bits per heavy atom.